The minimum absolute atomic E-state index is 0.218. The van der Waals surface area contributed by atoms with Crippen LogP contribution in [-0.4, -0.2) is 10.2 Å². The molecule has 1 atom stereocenters. The van der Waals surface area contributed by atoms with Gasteiger partial charge in [0.1, 0.15) is 11.5 Å². The van der Waals surface area contributed by atoms with E-state index >= 15 is 0 Å². The van der Waals surface area contributed by atoms with Gasteiger partial charge in [0.25, 0.3) is 0 Å². The van der Waals surface area contributed by atoms with Crippen molar-refractivity contribution in [2.24, 2.45) is 5.92 Å². The van der Waals surface area contributed by atoms with E-state index in [9.17, 15) is 15.5 Å². The van der Waals surface area contributed by atoms with Crippen molar-refractivity contribution in [1.29, 1.82) is 5.26 Å². The van der Waals surface area contributed by atoms with Gasteiger partial charge in [0, 0.05) is 24.0 Å². The fourth-order valence-corrected chi connectivity index (χ4v) is 6.87. The lowest BCUT2D eigenvalue weighted by Gasteiger charge is -2.29. The number of nitrogens with zero attached hydrogens (tertiary/aromatic N) is 1. The van der Waals surface area contributed by atoms with Crippen molar-refractivity contribution >= 4 is 5.57 Å². The van der Waals surface area contributed by atoms with Gasteiger partial charge in [-0.25, -0.2) is 0 Å². The topological polar surface area (TPSA) is 64.2 Å². The van der Waals surface area contributed by atoms with E-state index in [-0.39, 0.29) is 11.5 Å². The molecular weight excluding hydrogens is 526 g/mol. The second-order valence-electron chi connectivity index (χ2n) is 12.5. The molecule has 0 heterocycles. The molecule has 1 unspecified atom stereocenters. The number of rotatable bonds is 16. The molecule has 1 aliphatic carbocycles. The summed E-state index contributed by atoms with van der Waals surface area (Å²) in [6, 6.07) is 23.1. The summed E-state index contributed by atoms with van der Waals surface area (Å²) in [5.74, 6) is 0.924. The van der Waals surface area contributed by atoms with Crippen LogP contribution in [0, 0.1) is 17.2 Å². The highest BCUT2D eigenvalue weighted by atomic mass is 16.3. The molecule has 2 N–H and O–H groups in total. The van der Waals surface area contributed by atoms with E-state index in [2.05, 4.69) is 68.4 Å². The summed E-state index contributed by atoms with van der Waals surface area (Å²) in [4.78, 5) is 0. The van der Waals surface area contributed by atoms with Crippen molar-refractivity contribution in [2.45, 2.75) is 117 Å². The third-order valence-corrected chi connectivity index (χ3v) is 9.45. The second-order valence-corrected chi connectivity index (χ2v) is 12.5. The summed E-state index contributed by atoms with van der Waals surface area (Å²) in [7, 11) is 0. The van der Waals surface area contributed by atoms with Gasteiger partial charge in [-0.15, -0.1) is 0 Å². The Kier molecular flexibility index (Phi) is 12.8. The lowest BCUT2D eigenvalue weighted by molar-refractivity contribution is 0.429. The minimum atomic E-state index is 0.218. The predicted octanol–water partition coefficient (Wildman–Crippen LogP) is 10.8. The first-order valence-corrected chi connectivity index (χ1v) is 16.8. The van der Waals surface area contributed by atoms with E-state index in [1.54, 1.807) is 0 Å². The van der Waals surface area contributed by atoms with Gasteiger partial charge in [-0.3, -0.25) is 0 Å². The number of nitriles is 1. The Hall–Kier alpha value is -3.51. The molecule has 228 valence electrons. The number of allylic oxidation sites excluding steroid dienone is 2. The summed E-state index contributed by atoms with van der Waals surface area (Å²) < 4.78 is 0. The van der Waals surface area contributed by atoms with E-state index in [1.165, 1.54) is 38.5 Å². The van der Waals surface area contributed by atoms with E-state index in [1.807, 2.05) is 12.1 Å². The van der Waals surface area contributed by atoms with E-state index < -0.39 is 0 Å². The standard InChI is InChI=1S/C40H51NO2/c1-3-5-6-7-8-9-10-17-22-34-36(28-31-18-13-11-14-19-31)39(42)38(35-27-30(4-2)23-24-33(35)25-26-41)40(43)37(34)29-32-20-15-12-16-21-32/h11-16,18-21,30,42-43H,3-10,17,22-25,27-29H2,1-2H3. The summed E-state index contributed by atoms with van der Waals surface area (Å²) in [6.45, 7) is 4.47. The van der Waals surface area contributed by atoms with Gasteiger partial charge in [0.05, 0.1) is 18.1 Å². The van der Waals surface area contributed by atoms with Gasteiger partial charge in [-0.1, -0.05) is 131 Å². The molecule has 43 heavy (non-hydrogen) atoms. The van der Waals surface area contributed by atoms with E-state index in [0.717, 1.165) is 83.9 Å². The first kappa shape index (κ1) is 32.4. The number of unbranched alkanes of at least 4 members (excludes halogenated alkanes) is 7. The Morgan fingerprint density at radius 2 is 1.26 bits per heavy atom. The number of aromatic hydroxyl groups is 2. The summed E-state index contributed by atoms with van der Waals surface area (Å²) in [5.41, 5.74) is 7.94. The maximum absolute atomic E-state index is 12.1. The number of hydrogen-bond donors (Lipinski definition) is 2. The van der Waals surface area contributed by atoms with Crippen molar-refractivity contribution < 1.29 is 10.2 Å². The van der Waals surface area contributed by atoms with Crippen molar-refractivity contribution in [1.82, 2.24) is 0 Å². The van der Waals surface area contributed by atoms with Gasteiger partial charge >= 0.3 is 0 Å². The van der Waals surface area contributed by atoms with Gasteiger partial charge in [-0.2, -0.15) is 5.26 Å². The Morgan fingerprint density at radius 3 is 1.77 bits per heavy atom. The fourth-order valence-electron chi connectivity index (χ4n) is 6.87. The molecule has 3 aromatic carbocycles. The quantitative estimate of drug-likeness (QED) is 0.166. The molecule has 0 saturated heterocycles. The van der Waals surface area contributed by atoms with Crippen LogP contribution in [0.1, 0.15) is 131 Å². The molecule has 1 aliphatic rings. The van der Waals surface area contributed by atoms with Crippen LogP contribution < -0.4 is 0 Å². The zero-order valence-corrected chi connectivity index (χ0v) is 26.5. The number of phenolic OH excluding ortho intramolecular Hbond substituents is 2. The first-order valence-electron chi connectivity index (χ1n) is 16.8. The van der Waals surface area contributed by atoms with Gasteiger partial charge in [-0.05, 0) is 60.3 Å². The molecule has 3 heteroatoms. The smallest absolute Gasteiger partial charge is 0.130 e. The van der Waals surface area contributed by atoms with Crippen LogP contribution in [-0.2, 0) is 19.3 Å². The zero-order valence-electron chi connectivity index (χ0n) is 26.5. The van der Waals surface area contributed by atoms with Crippen molar-refractivity contribution in [2.75, 3.05) is 0 Å². The van der Waals surface area contributed by atoms with Crippen LogP contribution >= 0.6 is 0 Å². The van der Waals surface area contributed by atoms with E-state index in [0.29, 0.717) is 30.7 Å². The minimum Gasteiger partial charge on any atom is -0.507 e. The van der Waals surface area contributed by atoms with Crippen LogP contribution in [0.2, 0.25) is 0 Å². The highest BCUT2D eigenvalue weighted by Crippen LogP contribution is 2.49. The summed E-state index contributed by atoms with van der Waals surface area (Å²) >= 11 is 0. The Labute approximate surface area is 260 Å². The van der Waals surface area contributed by atoms with E-state index in [4.69, 9.17) is 0 Å². The van der Waals surface area contributed by atoms with Crippen LogP contribution in [0.25, 0.3) is 5.57 Å². The second kappa shape index (κ2) is 17.0. The molecule has 0 bridgehead atoms. The van der Waals surface area contributed by atoms with Crippen molar-refractivity contribution in [3.63, 3.8) is 0 Å². The summed E-state index contributed by atoms with van der Waals surface area (Å²) in [5, 5.41) is 34.0. The third kappa shape index (κ3) is 8.76. The van der Waals surface area contributed by atoms with Crippen molar-refractivity contribution in [3.8, 4) is 17.6 Å². The van der Waals surface area contributed by atoms with Crippen LogP contribution in [0.5, 0.6) is 11.5 Å². The maximum atomic E-state index is 12.1. The monoisotopic (exact) mass is 577 g/mol. The third-order valence-electron chi connectivity index (χ3n) is 9.45. The number of phenols is 2. The molecule has 0 spiro atoms. The van der Waals surface area contributed by atoms with Crippen LogP contribution in [0.4, 0.5) is 0 Å². The van der Waals surface area contributed by atoms with Crippen LogP contribution in [0.15, 0.2) is 66.2 Å². The molecular formula is C40H51NO2. The fraction of sp³-hybridized carbons (Fsp3) is 0.475. The molecule has 3 nitrogen and oxygen atoms in total. The SMILES string of the molecule is CCCCCCCCCCc1c(Cc2ccccc2)c(O)c(C2=C(CC#N)CCC(CC)C2)c(O)c1Cc1ccccc1. The Balaban J connectivity index is 1.81. The molecule has 3 aromatic rings. The lowest BCUT2D eigenvalue weighted by atomic mass is 9.76. The Bertz CT molecular complexity index is 1300. The lowest BCUT2D eigenvalue weighted by Crippen LogP contribution is -2.12. The zero-order chi connectivity index (χ0) is 30.4. The maximum Gasteiger partial charge on any atom is 0.130 e. The van der Waals surface area contributed by atoms with Crippen molar-refractivity contribution in [3.05, 3.63) is 99.6 Å². The highest BCUT2D eigenvalue weighted by molar-refractivity contribution is 5.82. The number of benzene rings is 3. The van der Waals surface area contributed by atoms with Crippen LogP contribution in [0.3, 0.4) is 0 Å². The van der Waals surface area contributed by atoms with Gasteiger partial charge in [0.15, 0.2) is 0 Å². The van der Waals surface area contributed by atoms with Gasteiger partial charge < -0.3 is 10.2 Å². The molecule has 0 amide bonds. The number of hydrogen-bond acceptors (Lipinski definition) is 3. The highest BCUT2D eigenvalue weighted by Gasteiger charge is 2.30. The molecule has 0 saturated carbocycles. The molecule has 0 radical (unpaired) electrons. The largest absolute Gasteiger partial charge is 0.507 e. The summed E-state index contributed by atoms with van der Waals surface area (Å²) in [6.07, 6.45) is 16.1. The average molecular weight is 578 g/mol. The normalized spacial score (nSPS) is 15.0. The first-order chi connectivity index (χ1) is 21.1. The Morgan fingerprint density at radius 1 is 0.721 bits per heavy atom. The van der Waals surface area contributed by atoms with Gasteiger partial charge in [0.2, 0.25) is 0 Å². The molecule has 4 rings (SSSR count). The molecule has 0 aliphatic heterocycles. The predicted molar refractivity (Wildman–Crippen MR) is 179 cm³/mol. The molecule has 0 aromatic heterocycles. The molecule has 0 fully saturated rings. The average Bonchev–Trinajstić information content (AvgIpc) is 3.03.